The van der Waals surface area contributed by atoms with E-state index in [1.54, 1.807) is 0 Å². The zero-order chi connectivity index (χ0) is 20.6. The highest BCUT2D eigenvalue weighted by Crippen LogP contribution is 2.24. The van der Waals surface area contributed by atoms with E-state index in [9.17, 15) is 0 Å². The van der Waals surface area contributed by atoms with Gasteiger partial charge in [0.15, 0.2) is 5.11 Å². The summed E-state index contributed by atoms with van der Waals surface area (Å²) in [5.41, 5.74) is 4.68. The van der Waals surface area contributed by atoms with E-state index >= 15 is 0 Å². The van der Waals surface area contributed by atoms with Crippen molar-refractivity contribution >= 4 is 17.3 Å². The van der Waals surface area contributed by atoms with Crippen molar-refractivity contribution in [1.29, 1.82) is 0 Å². The van der Waals surface area contributed by atoms with Gasteiger partial charge in [0.1, 0.15) is 0 Å². The van der Waals surface area contributed by atoms with Gasteiger partial charge < -0.3 is 10.6 Å². The van der Waals surface area contributed by atoms with Crippen molar-refractivity contribution in [3.8, 4) is 0 Å². The SMILES string of the molecule is S=C(NC(c1ccccc1)c1ccccc1)NC(c1ccccc1)c1ccccc1. The smallest absolute Gasteiger partial charge is 0.167 e. The lowest BCUT2D eigenvalue weighted by Gasteiger charge is -2.26. The van der Waals surface area contributed by atoms with Crippen molar-refractivity contribution in [3.05, 3.63) is 144 Å². The monoisotopic (exact) mass is 408 g/mol. The van der Waals surface area contributed by atoms with Crippen molar-refractivity contribution in [3.63, 3.8) is 0 Å². The lowest BCUT2D eigenvalue weighted by atomic mass is 9.98. The standard InChI is InChI=1S/C27H24N2S/c30-27(28-25(21-13-5-1-6-14-21)22-15-7-2-8-16-22)29-26(23-17-9-3-10-18-23)24-19-11-4-12-20-24/h1-20,25-26H,(H2,28,29,30). The first kappa shape index (κ1) is 19.9. The summed E-state index contributed by atoms with van der Waals surface area (Å²) in [6.07, 6.45) is 0. The Morgan fingerprint density at radius 2 is 0.667 bits per heavy atom. The van der Waals surface area contributed by atoms with E-state index in [-0.39, 0.29) is 12.1 Å². The van der Waals surface area contributed by atoms with Crippen molar-refractivity contribution in [2.75, 3.05) is 0 Å². The highest BCUT2D eigenvalue weighted by atomic mass is 32.1. The Morgan fingerprint density at radius 3 is 0.900 bits per heavy atom. The van der Waals surface area contributed by atoms with Crippen molar-refractivity contribution in [2.45, 2.75) is 12.1 Å². The molecule has 0 aliphatic heterocycles. The Morgan fingerprint density at radius 1 is 0.433 bits per heavy atom. The third kappa shape index (κ3) is 4.94. The zero-order valence-electron chi connectivity index (χ0n) is 16.6. The van der Waals surface area contributed by atoms with Crippen LogP contribution in [0, 0.1) is 0 Å². The second-order valence-electron chi connectivity index (χ2n) is 7.13. The molecule has 2 N–H and O–H groups in total. The van der Waals surface area contributed by atoms with Crippen molar-refractivity contribution in [1.82, 2.24) is 10.6 Å². The van der Waals surface area contributed by atoms with Crippen LogP contribution in [0.15, 0.2) is 121 Å². The molecule has 4 aromatic carbocycles. The Hall–Kier alpha value is -3.43. The second-order valence-corrected chi connectivity index (χ2v) is 7.53. The van der Waals surface area contributed by atoms with Crippen LogP contribution < -0.4 is 10.6 Å². The number of rotatable bonds is 6. The van der Waals surface area contributed by atoms with Gasteiger partial charge in [-0.3, -0.25) is 0 Å². The first-order chi connectivity index (χ1) is 14.8. The topological polar surface area (TPSA) is 24.1 Å². The molecule has 0 spiro atoms. The van der Waals surface area contributed by atoms with Gasteiger partial charge in [0.25, 0.3) is 0 Å². The first-order valence-electron chi connectivity index (χ1n) is 10.1. The van der Waals surface area contributed by atoms with Gasteiger partial charge in [-0.15, -0.1) is 0 Å². The second kappa shape index (κ2) is 9.86. The number of thiocarbonyl (C=S) groups is 1. The molecule has 0 fully saturated rings. The summed E-state index contributed by atoms with van der Waals surface area (Å²) >= 11 is 5.78. The maximum absolute atomic E-state index is 5.78. The normalized spacial score (nSPS) is 10.7. The van der Waals surface area contributed by atoms with E-state index in [2.05, 4.69) is 108 Å². The van der Waals surface area contributed by atoms with Crippen LogP contribution in [0.2, 0.25) is 0 Å². The molecule has 0 radical (unpaired) electrons. The molecular formula is C27H24N2S. The van der Waals surface area contributed by atoms with Crippen LogP contribution in [-0.4, -0.2) is 5.11 Å². The van der Waals surface area contributed by atoms with Crippen LogP contribution in [0.4, 0.5) is 0 Å². The summed E-state index contributed by atoms with van der Waals surface area (Å²) in [5, 5.41) is 7.70. The van der Waals surface area contributed by atoms with E-state index in [0.29, 0.717) is 5.11 Å². The van der Waals surface area contributed by atoms with Crippen LogP contribution in [0.1, 0.15) is 34.3 Å². The quantitative estimate of drug-likeness (QED) is 0.381. The molecule has 30 heavy (non-hydrogen) atoms. The number of hydrogen-bond donors (Lipinski definition) is 2. The summed E-state index contributed by atoms with van der Waals surface area (Å²) < 4.78 is 0. The molecule has 4 aromatic rings. The van der Waals surface area contributed by atoms with Crippen LogP contribution in [0.3, 0.4) is 0 Å². The number of benzene rings is 4. The average Bonchev–Trinajstić information content (AvgIpc) is 2.83. The van der Waals surface area contributed by atoms with Gasteiger partial charge in [0, 0.05) is 0 Å². The molecule has 0 bridgehead atoms. The Bertz CT molecular complexity index is 885. The Labute approximate surface area is 183 Å². The molecule has 0 heterocycles. The van der Waals surface area contributed by atoms with E-state index in [1.807, 2.05) is 24.3 Å². The summed E-state index contributed by atoms with van der Waals surface area (Å²) in [6, 6.07) is 41.5. The molecule has 148 valence electrons. The van der Waals surface area contributed by atoms with Gasteiger partial charge in [-0.05, 0) is 34.5 Å². The van der Waals surface area contributed by atoms with Gasteiger partial charge in [-0.25, -0.2) is 0 Å². The van der Waals surface area contributed by atoms with E-state index in [4.69, 9.17) is 12.2 Å². The van der Waals surface area contributed by atoms with Gasteiger partial charge in [0.05, 0.1) is 12.1 Å². The fourth-order valence-corrected chi connectivity index (χ4v) is 3.84. The fraction of sp³-hybridized carbons (Fsp3) is 0.0741. The molecule has 0 atom stereocenters. The maximum Gasteiger partial charge on any atom is 0.167 e. The van der Waals surface area contributed by atoms with E-state index in [1.165, 1.54) is 22.3 Å². The van der Waals surface area contributed by atoms with Gasteiger partial charge >= 0.3 is 0 Å². The third-order valence-electron chi connectivity index (χ3n) is 5.08. The highest BCUT2D eigenvalue weighted by molar-refractivity contribution is 7.80. The van der Waals surface area contributed by atoms with Crippen molar-refractivity contribution in [2.24, 2.45) is 0 Å². The lowest BCUT2D eigenvalue weighted by Crippen LogP contribution is -2.40. The largest absolute Gasteiger partial charge is 0.352 e. The molecule has 3 heteroatoms. The molecule has 0 unspecified atom stereocenters. The van der Waals surface area contributed by atoms with Crippen LogP contribution >= 0.6 is 12.2 Å². The highest BCUT2D eigenvalue weighted by Gasteiger charge is 2.19. The van der Waals surface area contributed by atoms with Crippen molar-refractivity contribution < 1.29 is 0 Å². The summed E-state index contributed by atoms with van der Waals surface area (Å²) in [6.45, 7) is 0. The fourth-order valence-electron chi connectivity index (χ4n) is 3.60. The molecule has 0 saturated heterocycles. The minimum absolute atomic E-state index is 0.0282. The predicted molar refractivity (Wildman–Crippen MR) is 128 cm³/mol. The summed E-state index contributed by atoms with van der Waals surface area (Å²) in [5.74, 6) is 0. The van der Waals surface area contributed by atoms with Gasteiger partial charge in [-0.2, -0.15) is 0 Å². The number of hydrogen-bond acceptors (Lipinski definition) is 1. The van der Waals surface area contributed by atoms with Gasteiger partial charge in [-0.1, -0.05) is 121 Å². The first-order valence-corrected chi connectivity index (χ1v) is 10.5. The molecule has 2 nitrogen and oxygen atoms in total. The molecule has 0 aromatic heterocycles. The van der Waals surface area contributed by atoms with E-state index < -0.39 is 0 Å². The molecule has 0 saturated carbocycles. The summed E-state index contributed by atoms with van der Waals surface area (Å²) in [7, 11) is 0. The molecule has 0 aliphatic rings. The minimum Gasteiger partial charge on any atom is -0.352 e. The van der Waals surface area contributed by atoms with E-state index in [0.717, 1.165) is 0 Å². The van der Waals surface area contributed by atoms with Crippen LogP contribution in [0.25, 0.3) is 0 Å². The maximum atomic E-state index is 5.78. The van der Waals surface area contributed by atoms with Crippen LogP contribution in [-0.2, 0) is 0 Å². The predicted octanol–water partition coefficient (Wildman–Crippen LogP) is 6.03. The van der Waals surface area contributed by atoms with Crippen LogP contribution in [0.5, 0.6) is 0 Å². The number of nitrogens with one attached hydrogen (secondary N) is 2. The molecule has 0 amide bonds. The lowest BCUT2D eigenvalue weighted by molar-refractivity contribution is 0.697. The molecular weight excluding hydrogens is 384 g/mol. The molecule has 4 rings (SSSR count). The average molecular weight is 409 g/mol. The Balaban J connectivity index is 1.60. The summed E-state index contributed by atoms with van der Waals surface area (Å²) in [4.78, 5) is 0. The zero-order valence-corrected chi connectivity index (χ0v) is 17.4. The van der Waals surface area contributed by atoms with Gasteiger partial charge in [0.2, 0.25) is 0 Å². The molecule has 0 aliphatic carbocycles. The minimum atomic E-state index is -0.0282. The Kier molecular flexibility index (Phi) is 6.53. The third-order valence-corrected chi connectivity index (χ3v) is 5.32.